The number of ether oxygens (including phenoxy) is 1. The van der Waals surface area contributed by atoms with Gasteiger partial charge in [-0.1, -0.05) is 6.08 Å². The Bertz CT molecular complexity index is 1670. The highest BCUT2D eigenvalue weighted by molar-refractivity contribution is 6.03. The van der Waals surface area contributed by atoms with Crippen LogP contribution in [0.5, 0.6) is 5.75 Å². The third kappa shape index (κ3) is 7.13. The summed E-state index contributed by atoms with van der Waals surface area (Å²) in [5.74, 6) is -1.40. The first-order valence-electron chi connectivity index (χ1n) is 12.7. The SMILES string of the molecule is C/C(=C/C=C(\C)C(=O)Nc1ccc(OC2=CC(c3cnn(C)c3)=CN/C2=C\C=N)c(F)c1)N(C=O)c1ccc(F)cc1. The van der Waals surface area contributed by atoms with Crippen LogP contribution >= 0.6 is 0 Å². The second-order valence-electron chi connectivity index (χ2n) is 9.21. The van der Waals surface area contributed by atoms with Crippen molar-refractivity contribution in [3.8, 4) is 5.75 Å². The largest absolute Gasteiger partial charge is 0.452 e. The molecule has 3 aromatic rings. The summed E-state index contributed by atoms with van der Waals surface area (Å²) in [6.07, 6.45) is 13.2. The maximum atomic E-state index is 15.1. The summed E-state index contributed by atoms with van der Waals surface area (Å²) in [6.45, 7) is 3.24. The van der Waals surface area contributed by atoms with Gasteiger partial charge in [-0.15, -0.1) is 0 Å². The summed E-state index contributed by atoms with van der Waals surface area (Å²) in [5.41, 5.74) is 3.52. The number of benzene rings is 2. The van der Waals surface area contributed by atoms with E-state index in [0.717, 1.165) is 23.4 Å². The van der Waals surface area contributed by atoms with Gasteiger partial charge in [0.25, 0.3) is 5.91 Å². The topological polar surface area (TPSA) is 112 Å². The molecule has 0 unspecified atom stereocenters. The lowest BCUT2D eigenvalue weighted by molar-refractivity contribution is -0.112. The molecule has 0 spiro atoms. The first kappa shape index (κ1) is 29.4. The monoisotopic (exact) mass is 570 g/mol. The van der Waals surface area contributed by atoms with Crippen molar-refractivity contribution in [1.82, 2.24) is 15.1 Å². The van der Waals surface area contributed by atoms with Gasteiger partial charge >= 0.3 is 0 Å². The molecule has 214 valence electrons. The van der Waals surface area contributed by atoms with Crippen LogP contribution in [0.2, 0.25) is 0 Å². The van der Waals surface area contributed by atoms with Gasteiger partial charge in [-0.05, 0) is 68.5 Å². The summed E-state index contributed by atoms with van der Waals surface area (Å²) < 4.78 is 35.8. The molecule has 3 N–H and O–H groups in total. The van der Waals surface area contributed by atoms with Gasteiger partial charge in [-0.25, -0.2) is 8.78 Å². The van der Waals surface area contributed by atoms with E-state index in [9.17, 15) is 14.0 Å². The molecule has 0 aliphatic carbocycles. The standard InChI is InChI=1S/C31H28F2N6O3/c1-20(4-5-21(2)39(19-40)26-9-6-24(32)7-10-26)31(41)37-25-8-11-29(27(33)15-25)42-30-14-22(16-35-28(30)12-13-34)23-17-36-38(3)18-23/h4-19,34-35H,1-3H3,(H,37,41)/b20-4+,21-5-,28-12-,34-13?. The highest BCUT2D eigenvalue weighted by Gasteiger charge is 2.17. The number of halogens is 2. The fourth-order valence-electron chi connectivity index (χ4n) is 3.88. The normalized spacial score (nSPS) is 14.5. The molecule has 0 bridgehead atoms. The number of anilines is 2. The van der Waals surface area contributed by atoms with Crippen molar-refractivity contribution in [2.24, 2.45) is 7.05 Å². The molecule has 1 aliphatic heterocycles. The first-order valence-corrected chi connectivity index (χ1v) is 12.7. The Labute approximate surface area is 241 Å². The highest BCUT2D eigenvalue weighted by Crippen LogP contribution is 2.29. The lowest BCUT2D eigenvalue weighted by Crippen LogP contribution is -2.18. The van der Waals surface area contributed by atoms with Crippen LogP contribution in [0.15, 0.2) is 108 Å². The zero-order valence-corrected chi connectivity index (χ0v) is 23.1. The van der Waals surface area contributed by atoms with Crippen molar-refractivity contribution in [3.63, 3.8) is 0 Å². The van der Waals surface area contributed by atoms with Gasteiger partial charge in [-0.2, -0.15) is 5.10 Å². The van der Waals surface area contributed by atoms with Crippen molar-refractivity contribution in [1.29, 1.82) is 5.41 Å². The average molecular weight is 571 g/mol. The van der Waals surface area contributed by atoms with Crippen LogP contribution in [0.3, 0.4) is 0 Å². The average Bonchev–Trinajstić information content (AvgIpc) is 3.41. The minimum atomic E-state index is -0.710. The van der Waals surface area contributed by atoms with E-state index in [1.807, 2.05) is 6.20 Å². The highest BCUT2D eigenvalue weighted by atomic mass is 19.1. The van der Waals surface area contributed by atoms with Crippen molar-refractivity contribution in [2.45, 2.75) is 13.8 Å². The quantitative estimate of drug-likeness (QED) is 0.127. The van der Waals surface area contributed by atoms with Gasteiger partial charge in [0.05, 0.1) is 11.9 Å². The molecular formula is C31H28F2N6O3. The van der Waals surface area contributed by atoms with Crippen LogP contribution in [-0.4, -0.2) is 28.3 Å². The van der Waals surface area contributed by atoms with E-state index in [0.29, 0.717) is 34.8 Å². The summed E-state index contributed by atoms with van der Waals surface area (Å²) in [7, 11) is 1.80. The Hall–Kier alpha value is -5.58. The fraction of sp³-hybridized carbons (Fsp3) is 0.0968. The number of aromatic nitrogens is 2. The van der Waals surface area contributed by atoms with E-state index in [1.165, 1.54) is 53.5 Å². The molecule has 2 amide bonds. The van der Waals surface area contributed by atoms with Crippen molar-refractivity contribution < 1.29 is 23.1 Å². The van der Waals surface area contributed by atoms with Crippen molar-refractivity contribution in [3.05, 3.63) is 125 Å². The molecule has 4 rings (SSSR count). The number of carbonyl (C=O) groups is 2. The molecule has 0 saturated carbocycles. The van der Waals surface area contributed by atoms with Crippen molar-refractivity contribution >= 4 is 35.5 Å². The molecule has 1 aromatic heterocycles. The van der Waals surface area contributed by atoms with E-state index in [4.69, 9.17) is 10.1 Å². The molecule has 11 heteroatoms. The minimum absolute atomic E-state index is 0.0788. The predicted molar refractivity (Wildman–Crippen MR) is 157 cm³/mol. The summed E-state index contributed by atoms with van der Waals surface area (Å²) in [6, 6.07) is 9.46. The number of nitrogens with one attached hydrogen (secondary N) is 3. The van der Waals surface area contributed by atoms with E-state index >= 15 is 4.39 Å². The molecule has 2 aromatic carbocycles. The number of hydrogen-bond acceptors (Lipinski definition) is 6. The zero-order valence-electron chi connectivity index (χ0n) is 23.1. The number of nitrogens with zero attached hydrogens (tertiary/aromatic N) is 3. The van der Waals surface area contributed by atoms with Crippen LogP contribution in [0.1, 0.15) is 19.4 Å². The summed E-state index contributed by atoms with van der Waals surface area (Å²) in [5, 5.41) is 17.3. The summed E-state index contributed by atoms with van der Waals surface area (Å²) in [4.78, 5) is 25.6. The second-order valence-corrected chi connectivity index (χ2v) is 9.21. The Kier molecular flexibility index (Phi) is 9.23. The molecule has 9 nitrogen and oxygen atoms in total. The second kappa shape index (κ2) is 13.2. The van der Waals surface area contributed by atoms with E-state index in [-0.39, 0.29) is 11.4 Å². The predicted octanol–water partition coefficient (Wildman–Crippen LogP) is 5.59. The number of aryl methyl sites for hydroxylation is 1. The number of dihydropyridines is 1. The zero-order chi connectivity index (χ0) is 30.2. The maximum Gasteiger partial charge on any atom is 0.251 e. The van der Waals surface area contributed by atoms with Crippen molar-refractivity contribution in [2.75, 3.05) is 10.2 Å². The van der Waals surface area contributed by atoms with Crippen LogP contribution in [0, 0.1) is 17.0 Å². The molecule has 0 atom stereocenters. The number of allylic oxidation sites excluding steroid dienone is 6. The van der Waals surface area contributed by atoms with Gasteiger partial charge in [0.2, 0.25) is 6.41 Å². The van der Waals surface area contributed by atoms with E-state index < -0.39 is 17.5 Å². The molecule has 1 aliphatic rings. The molecular weight excluding hydrogens is 542 g/mol. The smallest absolute Gasteiger partial charge is 0.251 e. The van der Waals surface area contributed by atoms with Gasteiger partial charge in [0, 0.05) is 65.5 Å². The Morgan fingerprint density at radius 1 is 1.14 bits per heavy atom. The van der Waals surface area contributed by atoms with Gasteiger partial charge in [0.15, 0.2) is 17.3 Å². The van der Waals surface area contributed by atoms with Gasteiger partial charge in [-0.3, -0.25) is 19.2 Å². The fourth-order valence-corrected chi connectivity index (χ4v) is 3.88. The number of rotatable bonds is 10. The number of hydrogen-bond donors (Lipinski definition) is 3. The number of amides is 2. The lowest BCUT2D eigenvalue weighted by Gasteiger charge is -2.19. The minimum Gasteiger partial charge on any atom is -0.452 e. The Balaban J connectivity index is 1.46. The molecule has 0 radical (unpaired) electrons. The Morgan fingerprint density at radius 3 is 2.55 bits per heavy atom. The summed E-state index contributed by atoms with van der Waals surface area (Å²) >= 11 is 0. The lowest BCUT2D eigenvalue weighted by atomic mass is 10.1. The van der Waals surface area contributed by atoms with Crippen LogP contribution in [-0.2, 0) is 16.6 Å². The van der Waals surface area contributed by atoms with Crippen LogP contribution < -0.4 is 20.3 Å². The molecule has 0 saturated heterocycles. The molecule has 2 heterocycles. The molecule has 42 heavy (non-hydrogen) atoms. The van der Waals surface area contributed by atoms with E-state index in [1.54, 1.807) is 50.1 Å². The van der Waals surface area contributed by atoms with Gasteiger partial charge in [0.1, 0.15) is 5.82 Å². The first-order chi connectivity index (χ1) is 20.2. The third-order valence-corrected chi connectivity index (χ3v) is 6.16. The third-order valence-electron chi connectivity index (χ3n) is 6.16. The van der Waals surface area contributed by atoms with Gasteiger partial charge < -0.3 is 20.8 Å². The number of carbonyl (C=O) groups excluding carboxylic acids is 2. The maximum absolute atomic E-state index is 15.1. The Morgan fingerprint density at radius 2 is 1.90 bits per heavy atom. The van der Waals surface area contributed by atoms with E-state index in [2.05, 4.69) is 15.7 Å². The van der Waals surface area contributed by atoms with Crippen LogP contribution in [0.25, 0.3) is 5.57 Å². The van der Waals surface area contributed by atoms with Crippen LogP contribution in [0.4, 0.5) is 20.2 Å². The molecule has 0 fully saturated rings.